The van der Waals surface area contributed by atoms with Gasteiger partial charge in [0.1, 0.15) is 0 Å². The van der Waals surface area contributed by atoms with Crippen LogP contribution in [0.3, 0.4) is 0 Å². The first-order valence-electron chi connectivity index (χ1n) is 5.78. The molecule has 0 saturated carbocycles. The zero-order chi connectivity index (χ0) is 13.8. The van der Waals surface area contributed by atoms with E-state index in [1.165, 1.54) is 15.2 Å². The van der Waals surface area contributed by atoms with E-state index in [-0.39, 0.29) is 17.8 Å². The maximum Gasteiger partial charge on any atom is 0.332 e. The van der Waals surface area contributed by atoms with E-state index < -0.39 is 0 Å². The molecule has 2 aromatic rings. The summed E-state index contributed by atoms with van der Waals surface area (Å²) in [7, 11) is 0. The highest BCUT2D eigenvalue weighted by atomic mass is 79.9. The number of hydrogen-bond donors (Lipinski definition) is 0. The molecule has 0 bridgehead atoms. The Bertz CT molecular complexity index is 702. The van der Waals surface area contributed by atoms with Crippen molar-refractivity contribution in [2.24, 2.45) is 0 Å². The molecule has 0 amide bonds. The van der Waals surface area contributed by atoms with Crippen molar-refractivity contribution in [3.63, 3.8) is 0 Å². The van der Waals surface area contributed by atoms with Crippen LogP contribution in [0.1, 0.15) is 5.56 Å². The molecule has 1 heterocycles. The van der Waals surface area contributed by atoms with Crippen molar-refractivity contribution in [2.45, 2.75) is 13.1 Å². The van der Waals surface area contributed by atoms with E-state index >= 15 is 0 Å². The van der Waals surface area contributed by atoms with Gasteiger partial charge in [-0.1, -0.05) is 36.4 Å². The average molecular weight is 321 g/mol. The Morgan fingerprint density at radius 1 is 1.16 bits per heavy atom. The number of halogens is 1. The zero-order valence-electron chi connectivity index (χ0n) is 10.3. The summed E-state index contributed by atoms with van der Waals surface area (Å²) in [5.74, 6) is 0. The molecule has 4 nitrogen and oxygen atoms in total. The van der Waals surface area contributed by atoms with Crippen molar-refractivity contribution in [2.75, 3.05) is 0 Å². The first kappa shape index (κ1) is 13.5. The minimum Gasteiger partial charge on any atom is -0.284 e. The Morgan fingerprint density at radius 2 is 1.84 bits per heavy atom. The summed E-state index contributed by atoms with van der Waals surface area (Å²) in [4.78, 5) is 24.2. The monoisotopic (exact) mass is 320 g/mol. The molecule has 0 N–H and O–H groups in total. The predicted octanol–water partition coefficient (Wildman–Crippen LogP) is 2.01. The molecule has 0 atom stereocenters. The molecular weight excluding hydrogens is 308 g/mol. The second kappa shape index (κ2) is 5.84. The van der Waals surface area contributed by atoms with Gasteiger partial charge in [0.2, 0.25) is 0 Å². The molecule has 5 heteroatoms. The summed E-state index contributed by atoms with van der Waals surface area (Å²) in [6.07, 6.45) is 1.61. The fourth-order valence-electron chi connectivity index (χ4n) is 1.80. The SMILES string of the molecule is C=CCn1c(Br)cc(=O)n(Cc2ccccc2)c1=O. The van der Waals surface area contributed by atoms with Crippen molar-refractivity contribution >= 4 is 15.9 Å². The number of nitrogens with zero attached hydrogens (tertiary/aromatic N) is 2. The Kier molecular flexibility index (Phi) is 4.16. The first-order chi connectivity index (χ1) is 9.13. The quantitative estimate of drug-likeness (QED) is 0.639. The molecule has 0 radical (unpaired) electrons. The van der Waals surface area contributed by atoms with Crippen molar-refractivity contribution in [1.82, 2.24) is 9.13 Å². The highest BCUT2D eigenvalue weighted by Crippen LogP contribution is 2.04. The van der Waals surface area contributed by atoms with Crippen LogP contribution in [-0.2, 0) is 13.1 Å². The summed E-state index contributed by atoms with van der Waals surface area (Å²) in [6, 6.07) is 10.8. The van der Waals surface area contributed by atoms with Crippen molar-refractivity contribution in [3.8, 4) is 0 Å². The van der Waals surface area contributed by atoms with Gasteiger partial charge >= 0.3 is 5.69 Å². The van der Waals surface area contributed by atoms with Crippen molar-refractivity contribution < 1.29 is 0 Å². The minimum absolute atomic E-state index is 0.267. The van der Waals surface area contributed by atoms with Gasteiger partial charge < -0.3 is 0 Å². The highest BCUT2D eigenvalue weighted by Gasteiger charge is 2.09. The summed E-state index contributed by atoms with van der Waals surface area (Å²) < 4.78 is 3.13. The summed E-state index contributed by atoms with van der Waals surface area (Å²) in [5.41, 5.74) is 0.248. The molecular formula is C14H13BrN2O2. The minimum atomic E-state index is -0.344. The van der Waals surface area contributed by atoms with Gasteiger partial charge in [-0.05, 0) is 21.5 Å². The Balaban J connectivity index is 2.52. The van der Waals surface area contributed by atoms with Gasteiger partial charge in [0.05, 0.1) is 11.1 Å². The smallest absolute Gasteiger partial charge is 0.284 e. The standard InChI is InChI=1S/C14H13BrN2O2/c1-2-8-16-12(15)9-13(18)17(14(16)19)10-11-6-4-3-5-7-11/h2-7,9H,1,8,10H2. The highest BCUT2D eigenvalue weighted by molar-refractivity contribution is 9.10. The third-order valence-corrected chi connectivity index (χ3v) is 3.38. The van der Waals surface area contributed by atoms with E-state index in [2.05, 4.69) is 22.5 Å². The predicted molar refractivity (Wildman–Crippen MR) is 78.4 cm³/mol. The Labute approximate surface area is 118 Å². The van der Waals surface area contributed by atoms with Gasteiger partial charge in [0.15, 0.2) is 0 Å². The topological polar surface area (TPSA) is 44.0 Å². The van der Waals surface area contributed by atoms with Crippen LogP contribution in [0.4, 0.5) is 0 Å². The lowest BCUT2D eigenvalue weighted by Gasteiger charge is -2.10. The van der Waals surface area contributed by atoms with Crippen LogP contribution in [-0.4, -0.2) is 9.13 Å². The lowest BCUT2D eigenvalue weighted by atomic mass is 10.2. The lowest BCUT2D eigenvalue weighted by molar-refractivity contribution is 0.608. The van der Waals surface area contributed by atoms with Crippen LogP contribution in [0.2, 0.25) is 0 Å². The maximum atomic E-state index is 12.3. The van der Waals surface area contributed by atoms with Crippen molar-refractivity contribution in [3.05, 3.63) is 80.1 Å². The third-order valence-electron chi connectivity index (χ3n) is 2.72. The second-order valence-electron chi connectivity index (χ2n) is 4.06. The van der Waals surface area contributed by atoms with Crippen LogP contribution in [0.15, 0.2) is 63.2 Å². The fourth-order valence-corrected chi connectivity index (χ4v) is 2.29. The third kappa shape index (κ3) is 2.93. The molecule has 19 heavy (non-hydrogen) atoms. The van der Waals surface area contributed by atoms with E-state index in [0.717, 1.165) is 5.56 Å². The van der Waals surface area contributed by atoms with Crippen molar-refractivity contribution in [1.29, 1.82) is 0 Å². The van der Waals surface area contributed by atoms with Crippen LogP contribution in [0, 0.1) is 0 Å². The van der Waals surface area contributed by atoms with Crippen LogP contribution >= 0.6 is 15.9 Å². The Morgan fingerprint density at radius 3 is 2.47 bits per heavy atom. The van der Waals surface area contributed by atoms with Gasteiger partial charge in [0, 0.05) is 12.6 Å². The van der Waals surface area contributed by atoms with E-state index in [1.807, 2.05) is 30.3 Å². The molecule has 98 valence electrons. The molecule has 0 aliphatic carbocycles. The molecule has 0 saturated heterocycles. The van der Waals surface area contributed by atoms with E-state index in [1.54, 1.807) is 6.08 Å². The van der Waals surface area contributed by atoms with Crippen LogP contribution < -0.4 is 11.2 Å². The molecule has 0 fully saturated rings. The second-order valence-corrected chi connectivity index (χ2v) is 4.87. The Hall–Kier alpha value is -1.88. The molecule has 0 aliphatic heterocycles. The molecule has 2 rings (SSSR count). The normalized spacial score (nSPS) is 10.4. The fraction of sp³-hybridized carbons (Fsp3) is 0.143. The van der Waals surface area contributed by atoms with Crippen LogP contribution in [0.25, 0.3) is 0 Å². The molecule has 0 unspecified atom stereocenters. The lowest BCUT2D eigenvalue weighted by Crippen LogP contribution is -2.39. The van der Waals surface area contributed by atoms with Gasteiger partial charge in [-0.3, -0.25) is 13.9 Å². The molecule has 0 aliphatic rings. The number of benzene rings is 1. The van der Waals surface area contributed by atoms with Gasteiger partial charge in [0.25, 0.3) is 5.56 Å². The van der Waals surface area contributed by atoms with Gasteiger partial charge in [-0.25, -0.2) is 4.79 Å². The summed E-state index contributed by atoms with van der Waals surface area (Å²) in [5, 5.41) is 0. The van der Waals surface area contributed by atoms with Gasteiger partial charge in [-0.2, -0.15) is 0 Å². The van der Waals surface area contributed by atoms with Gasteiger partial charge in [-0.15, -0.1) is 6.58 Å². The average Bonchev–Trinajstić information content (AvgIpc) is 2.41. The van der Waals surface area contributed by atoms with E-state index in [0.29, 0.717) is 11.1 Å². The maximum absolute atomic E-state index is 12.3. The summed E-state index contributed by atoms with van der Waals surface area (Å²) >= 11 is 3.22. The molecule has 0 spiro atoms. The number of allylic oxidation sites excluding steroid dienone is 1. The van der Waals surface area contributed by atoms with E-state index in [4.69, 9.17) is 0 Å². The number of rotatable bonds is 4. The van der Waals surface area contributed by atoms with E-state index in [9.17, 15) is 9.59 Å². The first-order valence-corrected chi connectivity index (χ1v) is 6.58. The summed E-state index contributed by atoms with van der Waals surface area (Å²) in [6.45, 7) is 4.23. The molecule has 1 aromatic carbocycles. The number of hydrogen-bond acceptors (Lipinski definition) is 2. The van der Waals surface area contributed by atoms with Crippen LogP contribution in [0.5, 0.6) is 0 Å². The largest absolute Gasteiger partial charge is 0.332 e. The zero-order valence-corrected chi connectivity index (χ0v) is 11.8. The number of aromatic nitrogens is 2. The molecule has 1 aromatic heterocycles.